The Balaban J connectivity index is 1.64. The van der Waals surface area contributed by atoms with E-state index < -0.39 is 12.1 Å². The zero-order chi connectivity index (χ0) is 18.7. The number of thiazole rings is 1. The van der Waals surface area contributed by atoms with Crippen molar-refractivity contribution >= 4 is 40.0 Å². The molecule has 1 aliphatic rings. The monoisotopic (exact) mass is 391 g/mol. The zero-order valence-electron chi connectivity index (χ0n) is 14.9. The second-order valence-electron chi connectivity index (χ2n) is 6.17. The van der Waals surface area contributed by atoms with Gasteiger partial charge in [0.1, 0.15) is 11.8 Å². The van der Waals surface area contributed by atoms with Gasteiger partial charge in [0.25, 0.3) is 5.91 Å². The van der Waals surface area contributed by atoms with Crippen molar-refractivity contribution in [3.8, 4) is 5.75 Å². The number of rotatable bonds is 5. The third kappa shape index (κ3) is 4.37. The lowest BCUT2D eigenvalue weighted by Gasteiger charge is -2.26. The van der Waals surface area contributed by atoms with Gasteiger partial charge in [-0.3, -0.25) is 9.59 Å². The number of hydrogen-bond acceptors (Lipinski definition) is 6. The lowest BCUT2D eigenvalue weighted by atomic mass is 10.2. The number of amides is 2. The molecule has 6 nitrogen and oxygen atoms in total. The number of anilines is 1. The van der Waals surface area contributed by atoms with Gasteiger partial charge < -0.3 is 15.0 Å². The molecule has 2 amide bonds. The zero-order valence-corrected chi connectivity index (χ0v) is 16.5. The lowest BCUT2D eigenvalue weighted by molar-refractivity contribution is -0.141. The second-order valence-corrected chi connectivity index (χ2v) is 8.40. The SMILES string of the molecule is Cc1cccc(O[C@H](C)C(=O)N2CSC[C@@H]2C(=O)Nc2ncc(C)s2)c1. The van der Waals surface area contributed by atoms with Crippen LogP contribution in [0.15, 0.2) is 30.5 Å². The molecule has 8 heteroatoms. The number of carbonyl (C=O) groups is 2. The maximum Gasteiger partial charge on any atom is 0.264 e. The summed E-state index contributed by atoms with van der Waals surface area (Å²) in [5, 5.41) is 3.36. The fraction of sp³-hybridized carbons (Fsp3) is 0.389. The largest absolute Gasteiger partial charge is 0.481 e. The highest BCUT2D eigenvalue weighted by molar-refractivity contribution is 7.99. The molecule has 26 heavy (non-hydrogen) atoms. The molecule has 1 N–H and O–H groups in total. The van der Waals surface area contributed by atoms with Crippen LogP contribution in [0.4, 0.5) is 5.13 Å². The predicted octanol–water partition coefficient (Wildman–Crippen LogP) is 3.07. The van der Waals surface area contributed by atoms with E-state index in [2.05, 4.69) is 10.3 Å². The molecule has 138 valence electrons. The summed E-state index contributed by atoms with van der Waals surface area (Å²) in [4.78, 5) is 32.1. The molecule has 3 rings (SSSR count). The van der Waals surface area contributed by atoms with Gasteiger partial charge in [0.2, 0.25) is 5.91 Å². The molecule has 0 saturated carbocycles. The normalized spacial score (nSPS) is 17.8. The van der Waals surface area contributed by atoms with Crippen LogP contribution in [0, 0.1) is 13.8 Å². The van der Waals surface area contributed by atoms with E-state index in [1.54, 1.807) is 29.8 Å². The Morgan fingerprint density at radius 1 is 1.38 bits per heavy atom. The van der Waals surface area contributed by atoms with Gasteiger partial charge in [-0.2, -0.15) is 0 Å². The molecule has 0 bridgehead atoms. The molecule has 2 atom stereocenters. The molecule has 1 saturated heterocycles. The van der Waals surface area contributed by atoms with Crippen LogP contribution in [-0.2, 0) is 9.59 Å². The summed E-state index contributed by atoms with van der Waals surface area (Å²) in [5.41, 5.74) is 1.06. The molecular formula is C18H21N3O3S2. The van der Waals surface area contributed by atoms with Crippen LogP contribution >= 0.6 is 23.1 Å². The summed E-state index contributed by atoms with van der Waals surface area (Å²) >= 11 is 2.98. The summed E-state index contributed by atoms with van der Waals surface area (Å²) in [6.07, 6.45) is 1.05. The van der Waals surface area contributed by atoms with Gasteiger partial charge >= 0.3 is 0 Å². The van der Waals surface area contributed by atoms with Crippen LogP contribution in [0.3, 0.4) is 0 Å². The van der Waals surface area contributed by atoms with Crippen LogP contribution in [0.1, 0.15) is 17.4 Å². The first-order chi connectivity index (χ1) is 12.4. The third-order valence-corrected chi connectivity index (χ3v) is 5.81. The maximum atomic E-state index is 12.8. The first-order valence-corrected chi connectivity index (χ1v) is 10.3. The fourth-order valence-electron chi connectivity index (χ4n) is 2.65. The Morgan fingerprint density at radius 2 is 2.19 bits per heavy atom. The van der Waals surface area contributed by atoms with E-state index in [0.29, 0.717) is 22.5 Å². The molecule has 1 aromatic carbocycles. The minimum Gasteiger partial charge on any atom is -0.481 e. The molecule has 0 spiro atoms. The van der Waals surface area contributed by atoms with Gasteiger partial charge in [0.05, 0.1) is 5.88 Å². The summed E-state index contributed by atoms with van der Waals surface area (Å²) in [7, 11) is 0. The molecule has 0 radical (unpaired) electrons. The van der Waals surface area contributed by atoms with Gasteiger partial charge in [-0.15, -0.1) is 23.1 Å². The first-order valence-electron chi connectivity index (χ1n) is 8.29. The van der Waals surface area contributed by atoms with E-state index in [1.165, 1.54) is 11.3 Å². The molecular weight excluding hydrogens is 370 g/mol. The van der Waals surface area contributed by atoms with Crippen molar-refractivity contribution in [2.24, 2.45) is 0 Å². The number of nitrogens with one attached hydrogen (secondary N) is 1. The molecule has 2 heterocycles. The molecule has 1 aromatic heterocycles. The molecule has 1 fully saturated rings. The Bertz CT molecular complexity index is 808. The number of ether oxygens (including phenoxy) is 1. The summed E-state index contributed by atoms with van der Waals surface area (Å²) in [6, 6.07) is 7.05. The van der Waals surface area contributed by atoms with E-state index in [-0.39, 0.29) is 11.8 Å². The van der Waals surface area contributed by atoms with Crippen molar-refractivity contribution in [3.05, 3.63) is 40.9 Å². The predicted molar refractivity (Wildman–Crippen MR) is 105 cm³/mol. The summed E-state index contributed by atoms with van der Waals surface area (Å²) in [5.74, 6) is 1.30. The number of aromatic nitrogens is 1. The average molecular weight is 392 g/mol. The number of carbonyl (C=O) groups excluding carboxylic acids is 2. The fourth-order valence-corrected chi connectivity index (χ4v) is 4.49. The lowest BCUT2D eigenvalue weighted by Crippen LogP contribution is -2.48. The number of nitrogens with zero attached hydrogens (tertiary/aromatic N) is 2. The first kappa shape index (κ1) is 18.7. The molecule has 1 aliphatic heterocycles. The average Bonchev–Trinajstić information content (AvgIpc) is 3.23. The minimum absolute atomic E-state index is 0.188. The molecule has 2 aromatic rings. The Labute approximate surface area is 160 Å². The number of thioether (sulfide) groups is 1. The van der Waals surface area contributed by atoms with Crippen LogP contribution in [-0.4, -0.2) is 45.5 Å². The molecule has 0 unspecified atom stereocenters. The highest BCUT2D eigenvalue weighted by atomic mass is 32.2. The van der Waals surface area contributed by atoms with E-state index in [9.17, 15) is 9.59 Å². The van der Waals surface area contributed by atoms with Gasteiger partial charge in [-0.1, -0.05) is 12.1 Å². The minimum atomic E-state index is -0.659. The summed E-state index contributed by atoms with van der Waals surface area (Å²) in [6.45, 7) is 5.61. The standard InChI is InChI=1S/C18H21N3O3S2/c1-11-5-4-6-14(7-11)24-13(3)17(23)21-10-25-9-15(21)16(22)20-18-19-8-12(2)26-18/h4-8,13,15H,9-10H2,1-3H3,(H,19,20,22)/t13-,15-/m1/s1. The van der Waals surface area contributed by atoms with Gasteiger partial charge in [0, 0.05) is 16.8 Å². The number of aryl methyl sites for hydroxylation is 2. The Hall–Kier alpha value is -2.06. The van der Waals surface area contributed by atoms with Crippen molar-refractivity contribution in [3.63, 3.8) is 0 Å². The second kappa shape index (κ2) is 8.09. The van der Waals surface area contributed by atoms with E-state index >= 15 is 0 Å². The highest BCUT2D eigenvalue weighted by Gasteiger charge is 2.37. The van der Waals surface area contributed by atoms with E-state index in [4.69, 9.17) is 4.74 Å². The van der Waals surface area contributed by atoms with Crippen LogP contribution in [0.25, 0.3) is 0 Å². The molecule has 0 aliphatic carbocycles. The smallest absolute Gasteiger partial charge is 0.264 e. The van der Waals surface area contributed by atoms with Crippen LogP contribution in [0.5, 0.6) is 5.75 Å². The Morgan fingerprint density at radius 3 is 2.88 bits per heavy atom. The quantitative estimate of drug-likeness (QED) is 0.848. The van der Waals surface area contributed by atoms with Crippen LogP contribution < -0.4 is 10.1 Å². The van der Waals surface area contributed by atoms with E-state index in [1.807, 2.05) is 38.1 Å². The Kier molecular flexibility index (Phi) is 5.83. The van der Waals surface area contributed by atoms with Crippen molar-refractivity contribution in [2.45, 2.75) is 32.9 Å². The number of benzene rings is 1. The summed E-state index contributed by atoms with van der Waals surface area (Å²) < 4.78 is 5.78. The van der Waals surface area contributed by atoms with Crippen LogP contribution in [0.2, 0.25) is 0 Å². The van der Waals surface area contributed by atoms with Crippen molar-refractivity contribution in [1.82, 2.24) is 9.88 Å². The third-order valence-electron chi connectivity index (χ3n) is 3.97. The van der Waals surface area contributed by atoms with Crippen molar-refractivity contribution < 1.29 is 14.3 Å². The van der Waals surface area contributed by atoms with E-state index in [0.717, 1.165) is 10.4 Å². The van der Waals surface area contributed by atoms with Gasteiger partial charge in [0.15, 0.2) is 11.2 Å². The van der Waals surface area contributed by atoms with Gasteiger partial charge in [-0.25, -0.2) is 4.98 Å². The maximum absolute atomic E-state index is 12.8. The highest BCUT2D eigenvalue weighted by Crippen LogP contribution is 2.25. The van der Waals surface area contributed by atoms with Gasteiger partial charge in [-0.05, 0) is 38.5 Å². The number of hydrogen-bond donors (Lipinski definition) is 1. The topological polar surface area (TPSA) is 71.5 Å². The van der Waals surface area contributed by atoms with Crippen molar-refractivity contribution in [1.29, 1.82) is 0 Å². The van der Waals surface area contributed by atoms with Crippen molar-refractivity contribution in [2.75, 3.05) is 16.9 Å².